The molecule has 0 aliphatic carbocycles. The molecule has 8 N–H and O–H groups in total. The van der Waals surface area contributed by atoms with Gasteiger partial charge in [0, 0.05) is 24.1 Å². The molecule has 0 spiro atoms. The molecule has 1 heterocycles. The molecule has 13 heteroatoms. The minimum atomic E-state index is -1.26. The molecule has 5 unspecified atom stereocenters. The first kappa shape index (κ1) is 24.4. The van der Waals surface area contributed by atoms with Crippen LogP contribution in [0.25, 0.3) is 0 Å². The third kappa shape index (κ3) is 7.71. The van der Waals surface area contributed by atoms with E-state index < -0.39 is 54.0 Å². The maximum atomic E-state index is 12.4. The highest BCUT2D eigenvalue weighted by atomic mass is 32.1. The number of carbonyl (C=O) groups excluding carboxylic acids is 3. The third-order valence-corrected chi connectivity index (χ3v) is 4.35. The molecule has 29 heavy (non-hydrogen) atoms. The number of nitrogens with two attached hydrogens (primary N) is 1. The Morgan fingerprint density at radius 1 is 1.14 bits per heavy atom. The molecule has 5 atom stereocenters. The van der Waals surface area contributed by atoms with Gasteiger partial charge >= 0.3 is 5.97 Å². The fourth-order valence-electron chi connectivity index (χ4n) is 2.17. The molecule has 0 aliphatic rings. The number of aliphatic carboxylic acids is 1. The lowest BCUT2D eigenvalue weighted by molar-refractivity contribution is -0.142. The summed E-state index contributed by atoms with van der Waals surface area (Å²) in [5.74, 6) is -3.56. The molecule has 0 fully saturated rings. The highest BCUT2D eigenvalue weighted by Gasteiger charge is 2.29. The number of hydrogen-bond acceptors (Lipinski definition) is 8. The van der Waals surface area contributed by atoms with Crippen molar-refractivity contribution >= 4 is 36.3 Å². The number of aliphatic hydroxyl groups excluding tert-OH is 1. The van der Waals surface area contributed by atoms with Crippen LogP contribution >= 0.6 is 12.6 Å². The van der Waals surface area contributed by atoms with Crippen LogP contribution in [0.4, 0.5) is 0 Å². The standard InChI is InChI=1S/C16H26N6O6S/c1-7(20-15(26)12(17)8(2)23)13(24)22-11(5-29)14(25)21-10(16(27)28)3-9-4-18-6-19-9/h4,6-8,10-12,23,29H,3,5,17H2,1-2H3,(H,18,19)(H,20,26)(H,21,25)(H,22,24)(H,27,28). The predicted octanol–water partition coefficient (Wildman–Crippen LogP) is -2.85. The van der Waals surface area contributed by atoms with E-state index in [4.69, 9.17) is 5.73 Å². The Kier molecular flexibility index (Phi) is 9.58. The van der Waals surface area contributed by atoms with Gasteiger partial charge in [-0.05, 0) is 13.8 Å². The van der Waals surface area contributed by atoms with E-state index in [0.717, 1.165) is 0 Å². The quantitative estimate of drug-likeness (QED) is 0.171. The SMILES string of the molecule is CC(NC(=O)C(N)C(C)O)C(=O)NC(CS)C(=O)NC(Cc1cnc[nH]1)C(=O)O. The fourth-order valence-corrected chi connectivity index (χ4v) is 2.43. The van der Waals surface area contributed by atoms with Crippen molar-refractivity contribution in [3.63, 3.8) is 0 Å². The highest BCUT2D eigenvalue weighted by Crippen LogP contribution is 2.01. The molecule has 0 bridgehead atoms. The van der Waals surface area contributed by atoms with Gasteiger partial charge in [-0.1, -0.05) is 0 Å². The largest absolute Gasteiger partial charge is 0.480 e. The van der Waals surface area contributed by atoms with E-state index in [2.05, 4.69) is 38.5 Å². The van der Waals surface area contributed by atoms with Gasteiger partial charge < -0.3 is 36.9 Å². The summed E-state index contributed by atoms with van der Waals surface area (Å²) in [6.07, 6.45) is 1.68. The van der Waals surface area contributed by atoms with Gasteiger partial charge in [0.15, 0.2) is 0 Å². The van der Waals surface area contributed by atoms with Crippen LogP contribution < -0.4 is 21.7 Å². The first-order valence-electron chi connectivity index (χ1n) is 8.72. The summed E-state index contributed by atoms with van der Waals surface area (Å²) in [7, 11) is 0. The second kappa shape index (κ2) is 11.4. The maximum absolute atomic E-state index is 12.4. The monoisotopic (exact) mass is 430 g/mol. The Morgan fingerprint density at radius 2 is 1.76 bits per heavy atom. The summed E-state index contributed by atoms with van der Waals surface area (Å²) in [6, 6.07) is -4.65. The van der Waals surface area contributed by atoms with Crippen molar-refractivity contribution in [2.45, 2.75) is 50.5 Å². The van der Waals surface area contributed by atoms with Gasteiger partial charge in [-0.2, -0.15) is 12.6 Å². The second-order valence-corrected chi connectivity index (χ2v) is 6.79. The van der Waals surface area contributed by atoms with E-state index in [1.807, 2.05) is 0 Å². The summed E-state index contributed by atoms with van der Waals surface area (Å²) in [5, 5.41) is 25.7. The number of amides is 3. The molecule has 0 radical (unpaired) electrons. The number of rotatable bonds is 11. The van der Waals surface area contributed by atoms with Crippen LogP contribution in [-0.4, -0.2) is 79.9 Å². The van der Waals surface area contributed by atoms with Crippen molar-refractivity contribution in [2.75, 3.05) is 5.75 Å². The van der Waals surface area contributed by atoms with Crippen LogP contribution in [0.5, 0.6) is 0 Å². The Balaban J connectivity index is 2.67. The zero-order valence-electron chi connectivity index (χ0n) is 16.0. The molecule has 162 valence electrons. The fraction of sp³-hybridized carbons (Fsp3) is 0.562. The van der Waals surface area contributed by atoms with Gasteiger partial charge in [-0.25, -0.2) is 9.78 Å². The number of H-pyrrole nitrogens is 1. The normalized spacial score (nSPS) is 16.0. The van der Waals surface area contributed by atoms with E-state index in [1.54, 1.807) is 0 Å². The summed E-state index contributed by atoms with van der Waals surface area (Å²) < 4.78 is 0. The first-order chi connectivity index (χ1) is 13.6. The second-order valence-electron chi connectivity index (χ2n) is 6.42. The molecular formula is C16H26N6O6S. The van der Waals surface area contributed by atoms with Gasteiger partial charge in [0.2, 0.25) is 17.7 Å². The number of carbonyl (C=O) groups is 4. The lowest BCUT2D eigenvalue weighted by Crippen LogP contribution is -2.58. The molecular weight excluding hydrogens is 404 g/mol. The third-order valence-electron chi connectivity index (χ3n) is 3.98. The van der Waals surface area contributed by atoms with Gasteiger partial charge in [-0.15, -0.1) is 0 Å². The van der Waals surface area contributed by atoms with Crippen molar-refractivity contribution in [1.82, 2.24) is 25.9 Å². The zero-order valence-corrected chi connectivity index (χ0v) is 16.8. The van der Waals surface area contributed by atoms with Crippen LogP contribution in [0.3, 0.4) is 0 Å². The molecule has 0 saturated heterocycles. The molecule has 3 amide bonds. The minimum absolute atomic E-state index is 0.0298. The van der Waals surface area contributed by atoms with Crippen LogP contribution in [0.1, 0.15) is 19.5 Å². The van der Waals surface area contributed by atoms with E-state index in [0.29, 0.717) is 5.69 Å². The van der Waals surface area contributed by atoms with Crippen LogP contribution in [0.2, 0.25) is 0 Å². The number of aromatic amines is 1. The molecule has 1 rings (SSSR count). The number of imidazole rings is 1. The topological polar surface area (TPSA) is 200 Å². The molecule has 0 saturated carbocycles. The number of hydrogen-bond donors (Lipinski definition) is 8. The Labute approximate surface area is 172 Å². The van der Waals surface area contributed by atoms with Gasteiger partial charge in [-0.3, -0.25) is 14.4 Å². The molecule has 1 aromatic heterocycles. The number of aromatic nitrogens is 2. The number of carboxylic acids is 1. The van der Waals surface area contributed by atoms with Crippen LogP contribution in [-0.2, 0) is 25.6 Å². The van der Waals surface area contributed by atoms with Gasteiger partial charge in [0.25, 0.3) is 0 Å². The Morgan fingerprint density at radius 3 is 2.24 bits per heavy atom. The van der Waals surface area contributed by atoms with E-state index >= 15 is 0 Å². The van der Waals surface area contributed by atoms with Gasteiger partial charge in [0.05, 0.1) is 12.4 Å². The van der Waals surface area contributed by atoms with Crippen LogP contribution in [0.15, 0.2) is 12.5 Å². The lowest BCUT2D eigenvalue weighted by atomic mass is 10.1. The Hall–Kier alpha value is -2.64. The summed E-state index contributed by atoms with van der Waals surface area (Å²) in [5.41, 5.74) is 6.00. The van der Waals surface area contributed by atoms with E-state index in [1.165, 1.54) is 26.4 Å². The molecule has 0 aliphatic heterocycles. The summed E-state index contributed by atoms with van der Waals surface area (Å²) in [6.45, 7) is 2.70. The van der Waals surface area contributed by atoms with Crippen molar-refractivity contribution in [1.29, 1.82) is 0 Å². The van der Waals surface area contributed by atoms with E-state index in [-0.39, 0.29) is 12.2 Å². The number of carboxylic acid groups (broad SMARTS) is 1. The summed E-state index contributed by atoms with van der Waals surface area (Å²) >= 11 is 4.01. The highest BCUT2D eigenvalue weighted by molar-refractivity contribution is 7.80. The van der Waals surface area contributed by atoms with Crippen molar-refractivity contribution in [3.8, 4) is 0 Å². The maximum Gasteiger partial charge on any atom is 0.326 e. The summed E-state index contributed by atoms with van der Waals surface area (Å²) in [4.78, 5) is 54.4. The van der Waals surface area contributed by atoms with Crippen molar-refractivity contribution in [3.05, 3.63) is 18.2 Å². The van der Waals surface area contributed by atoms with Crippen molar-refractivity contribution in [2.24, 2.45) is 5.73 Å². The molecule has 12 nitrogen and oxygen atoms in total. The van der Waals surface area contributed by atoms with E-state index in [9.17, 15) is 29.4 Å². The van der Waals surface area contributed by atoms with Crippen LogP contribution in [0, 0.1) is 0 Å². The number of nitrogens with one attached hydrogen (secondary N) is 4. The first-order valence-corrected chi connectivity index (χ1v) is 9.35. The van der Waals surface area contributed by atoms with Gasteiger partial charge in [0.1, 0.15) is 24.2 Å². The molecule has 1 aromatic rings. The lowest BCUT2D eigenvalue weighted by Gasteiger charge is -2.23. The average molecular weight is 430 g/mol. The number of nitrogens with zero attached hydrogens (tertiary/aromatic N) is 1. The number of thiol groups is 1. The smallest absolute Gasteiger partial charge is 0.326 e. The zero-order chi connectivity index (χ0) is 22.1. The minimum Gasteiger partial charge on any atom is -0.480 e. The molecule has 0 aromatic carbocycles. The number of aliphatic hydroxyl groups is 1. The average Bonchev–Trinajstić information content (AvgIpc) is 3.17. The van der Waals surface area contributed by atoms with Crippen molar-refractivity contribution < 1.29 is 29.4 Å². The Bertz CT molecular complexity index is 713. The predicted molar refractivity (Wildman–Crippen MR) is 105 cm³/mol.